The van der Waals surface area contributed by atoms with Crippen LogP contribution in [0.15, 0.2) is 23.2 Å². The second-order valence-electron chi connectivity index (χ2n) is 3.97. The maximum atomic E-state index is 12.2. The SMILES string of the molecule is N#Cc1ccc(S(=O)(=O)N2CCCC(=O)C2)cn1. The van der Waals surface area contributed by atoms with Crippen molar-refractivity contribution >= 4 is 15.8 Å². The molecule has 7 heteroatoms. The zero-order valence-electron chi connectivity index (χ0n) is 9.54. The van der Waals surface area contributed by atoms with Crippen molar-refractivity contribution < 1.29 is 13.2 Å². The van der Waals surface area contributed by atoms with Gasteiger partial charge in [-0.3, -0.25) is 4.79 Å². The second kappa shape index (κ2) is 4.84. The van der Waals surface area contributed by atoms with Crippen LogP contribution >= 0.6 is 0 Å². The molecule has 18 heavy (non-hydrogen) atoms. The third kappa shape index (κ3) is 2.39. The Morgan fingerprint density at radius 2 is 2.17 bits per heavy atom. The van der Waals surface area contributed by atoms with Crippen molar-refractivity contribution in [3.63, 3.8) is 0 Å². The smallest absolute Gasteiger partial charge is 0.245 e. The number of hydrogen-bond donors (Lipinski definition) is 0. The van der Waals surface area contributed by atoms with Crippen LogP contribution in [0.4, 0.5) is 0 Å². The Kier molecular flexibility index (Phi) is 3.41. The van der Waals surface area contributed by atoms with E-state index in [0.29, 0.717) is 19.4 Å². The van der Waals surface area contributed by atoms with E-state index in [2.05, 4.69) is 4.98 Å². The van der Waals surface area contributed by atoms with Crippen molar-refractivity contribution in [2.45, 2.75) is 17.7 Å². The summed E-state index contributed by atoms with van der Waals surface area (Å²) in [5, 5.41) is 8.60. The number of carbonyl (C=O) groups is 1. The summed E-state index contributed by atoms with van der Waals surface area (Å²) in [6, 6.07) is 4.50. The molecule has 0 atom stereocenters. The summed E-state index contributed by atoms with van der Waals surface area (Å²) in [6.07, 6.45) is 2.12. The lowest BCUT2D eigenvalue weighted by Crippen LogP contribution is -2.40. The molecule has 2 heterocycles. The van der Waals surface area contributed by atoms with E-state index in [4.69, 9.17) is 5.26 Å². The maximum Gasteiger partial charge on any atom is 0.245 e. The van der Waals surface area contributed by atoms with Gasteiger partial charge in [-0.15, -0.1) is 0 Å². The van der Waals surface area contributed by atoms with Crippen molar-refractivity contribution in [2.24, 2.45) is 0 Å². The third-order valence-electron chi connectivity index (χ3n) is 2.70. The lowest BCUT2D eigenvalue weighted by atomic mass is 10.1. The zero-order valence-corrected chi connectivity index (χ0v) is 10.4. The van der Waals surface area contributed by atoms with Crippen LogP contribution in [0.1, 0.15) is 18.5 Å². The molecule has 1 fully saturated rings. The predicted molar refractivity (Wildman–Crippen MR) is 62.0 cm³/mol. The van der Waals surface area contributed by atoms with Crippen molar-refractivity contribution in [3.8, 4) is 6.07 Å². The van der Waals surface area contributed by atoms with Crippen LogP contribution in [0.5, 0.6) is 0 Å². The molecule has 0 amide bonds. The molecule has 0 saturated carbocycles. The van der Waals surface area contributed by atoms with E-state index in [-0.39, 0.29) is 22.9 Å². The van der Waals surface area contributed by atoms with Gasteiger partial charge >= 0.3 is 0 Å². The molecule has 1 aliphatic rings. The Labute approximate surface area is 105 Å². The van der Waals surface area contributed by atoms with E-state index in [1.807, 2.05) is 6.07 Å². The Hall–Kier alpha value is -1.78. The number of hydrogen-bond acceptors (Lipinski definition) is 5. The van der Waals surface area contributed by atoms with Crippen LogP contribution in [-0.4, -0.2) is 36.6 Å². The average Bonchev–Trinajstić information content (AvgIpc) is 2.39. The van der Waals surface area contributed by atoms with Crippen molar-refractivity contribution in [2.75, 3.05) is 13.1 Å². The molecule has 1 aliphatic heterocycles. The van der Waals surface area contributed by atoms with Crippen LogP contribution in [0.3, 0.4) is 0 Å². The Morgan fingerprint density at radius 3 is 2.72 bits per heavy atom. The van der Waals surface area contributed by atoms with Gasteiger partial charge < -0.3 is 0 Å². The van der Waals surface area contributed by atoms with Crippen LogP contribution < -0.4 is 0 Å². The number of Topliss-reactive ketones (excluding diaryl/α,β-unsaturated/α-hetero) is 1. The van der Waals surface area contributed by atoms with Gasteiger partial charge in [0.2, 0.25) is 10.0 Å². The quantitative estimate of drug-likeness (QED) is 0.767. The van der Waals surface area contributed by atoms with Gasteiger partial charge in [0.15, 0.2) is 0 Å². The minimum Gasteiger partial charge on any atom is -0.298 e. The summed E-state index contributed by atoms with van der Waals surface area (Å²) in [4.78, 5) is 15.0. The van der Waals surface area contributed by atoms with Crippen LogP contribution in [0.25, 0.3) is 0 Å². The van der Waals surface area contributed by atoms with Gasteiger partial charge in [-0.05, 0) is 18.6 Å². The summed E-state index contributed by atoms with van der Waals surface area (Å²) >= 11 is 0. The number of nitriles is 1. The minimum atomic E-state index is -3.68. The summed E-state index contributed by atoms with van der Waals surface area (Å²) in [6.45, 7) is 0.260. The lowest BCUT2D eigenvalue weighted by Gasteiger charge is -2.24. The maximum absolute atomic E-state index is 12.2. The molecule has 0 spiro atoms. The number of pyridine rings is 1. The van der Waals surface area contributed by atoms with E-state index in [9.17, 15) is 13.2 Å². The number of sulfonamides is 1. The van der Waals surface area contributed by atoms with E-state index in [1.165, 1.54) is 12.1 Å². The Balaban J connectivity index is 2.29. The molecule has 1 aromatic rings. The Bertz CT molecular complexity index is 601. The number of rotatable bonds is 2. The first-order valence-corrected chi connectivity index (χ1v) is 6.86. The van der Waals surface area contributed by atoms with Crippen LogP contribution in [0.2, 0.25) is 0 Å². The fourth-order valence-electron chi connectivity index (χ4n) is 1.76. The molecule has 0 aromatic carbocycles. The lowest BCUT2D eigenvalue weighted by molar-refractivity contribution is -0.120. The topological polar surface area (TPSA) is 91.1 Å². The molecule has 6 nitrogen and oxygen atoms in total. The normalized spacial score (nSPS) is 17.4. The predicted octanol–water partition coefficient (Wildman–Crippen LogP) is 0.307. The number of nitrogens with zero attached hydrogens (tertiary/aromatic N) is 3. The van der Waals surface area contributed by atoms with Crippen LogP contribution in [0, 0.1) is 11.3 Å². The highest BCUT2D eigenvalue weighted by atomic mass is 32.2. The summed E-state index contributed by atoms with van der Waals surface area (Å²) < 4.78 is 25.5. The fraction of sp³-hybridized carbons (Fsp3) is 0.364. The van der Waals surface area contributed by atoms with E-state index >= 15 is 0 Å². The molecule has 1 saturated heterocycles. The van der Waals surface area contributed by atoms with Gasteiger partial charge in [-0.25, -0.2) is 13.4 Å². The van der Waals surface area contributed by atoms with Crippen molar-refractivity contribution in [1.29, 1.82) is 5.26 Å². The molecule has 0 bridgehead atoms. The van der Waals surface area contributed by atoms with Gasteiger partial charge in [0.1, 0.15) is 22.4 Å². The Morgan fingerprint density at radius 1 is 1.39 bits per heavy atom. The second-order valence-corrected chi connectivity index (χ2v) is 5.91. The van der Waals surface area contributed by atoms with Crippen molar-refractivity contribution in [1.82, 2.24) is 9.29 Å². The highest BCUT2D eigenvalue weighted by molar-refractivity contribution is 7.89. The largest absolute Gasteiger partial charge is 0.298 e. The first-order chi connectivity index (χ1) is 8.54. The summed E-state index contributed by atoms with van der Waals surface area (Å²) in [7, 11) is -3.68. The standard InChI is InChI=1S/C11H11N3O3S/c12-6-9-3-4-11(7-13-9)18(16,17)14-5-1-2-10(15)8-14/h3-4,7H,1-2,5,8H2. The van der Waals surface area contributed by atoms with Gasteiger partial charge in [0.25, 0.3) is 0 Å². The fourth-order valence-corrected chi connectivity index (χ4v) is 3.17. The van der Waals surface area contributed by atoms with Crippen molar-refractivity contribution in [3.05, 3.63) is 24.0 Å². The first kappa shape index (κ1) is 12.7. The highest BCUT2D eigenvalue weighted by Crippen LogP contribution is 2.18. The molecule has 94 valence electrons. The zero-order chi connectivity index (χ0) is 13.2. The first-order valence-electron chi connectivity index (χ1n) is 5.42. The average molecular weight is 265 g/mol. The number of ketones is 1. The van der Waals surface area contributed by atoms with Gasteiger partial charge in [0.05, 0.1) is 6.54 Å². The van der Waals surface area contributed by atoms with E-state index in [1.54, 1.807) is 0 Å². The van der Waals surface area contributed by atoms with E-state index in [0.717, 1.165) is 10.5 Å². The number of aromatic nitrogens is 1. The molecule has 1 aromatic heterocycles. The van der Waals surface area contributed by atoms with Gasteiger partial charge in [-0.2, -0.15) is 9.57 Å². The monoisotopic (exact) mass is 265 g/mol. The van der Waals surface area contributed by atoms with E-state index < -0.39 is 10.0 Å². The molecule has 0 unspecified atom stereocenters. The summed E-state index contributed by atoms with van der Waals surface area (Å²) in [5.41, 5.74) is 0.156. The van der Waals surface area contributed by atoms with Crippen LogP contribution in [-0.2, 0) is 14.8 Å². The number of piperidine rings is 1. The minimum absolute atomic E-state index is 0.0104. The molecule has 0 radical (unpaired) electrons. The number of carbonyl (C=O) groups excluding carboxylic acids is 1. The third-order valence-corrected chi connectivity index (χ3v) is 4.53. The molecule has 0 N–H and O–H groups in total. The van der Waals surface area contributed by atoms with Gasteiger partial charge in [-0.1, -0.05) is 0 Å². The molecular weight excluding hydrogens is 254 g/mol. The van der Waals surface area contributed by atoms with Gasteiger partial charge in [0, 0.05) is 19.2 Å². The highest BCUT2D eigenvalue weighted by Gasteiger charge is 2.29. The molecule has 0 aliphatic carbocycles. The molecule has 2 rings (SSSR count). The molecular formula is C11H11N3O3S. The summed E-state index contributed by atoms with van der Waals surface area (Å²) in [5.74, 6) is -0.0774.